The molecule has 3 aromatic rings. The highest BCUT2D eigenvalue weighted by molar-refractivity contribution is 6.64. The summed E-state index contributed by atoms with van der Waals surface area (Å²) in [6.07, 6.45) is 3.84. The number of hydrogen-bond donors (Lipinski definition) is 2. The first kappa shape index (κ1) is 18.3. The highest BCUT2D eigenvalue weighted by Gasteiger charge is 2.28. The third-order valence-corrected chi connectivity index (χ3v) is 4.99. The van der Waals surface area contributed by atoms with Crippen molar-refractivity contribution < 1.29 is 14.5 Å². The summed E-state index contributed by atoms with van der Waals surface area (Å²) in [4.78, 5) is 21.4. The Balaban J connectivity index is 1.60. The summed E-state index contributed by atoms with van der Waals surface area (Å²) in [5, 5.41) is 12.1. The zero-order valence-corrected chi connectivity index (χ0v) is 15.5. The molecular formula is C21H20BN3O3. The van der Waals surface area contributed by atoms with Gasteiger partial charge in [-0.1, -0.05) is 30.3 Å². The Morgan fingerprint density at radius 1 is 1.21 bits per heavy atom. The summed E-state index contributed by atoms with van der Waals surface area (Å²) in [5.74, 6) is -0.00322. The van der Waals surface area contributed by atoms with Gasteiger partial charge in [-0.05, 0) is 28.6 Å². The van der Waals surface area contributed by atoms with Crippen LogP contribution in [0.2, 0.25) is 0 Å². The van der Waals surface area contributed by atoms with Gasteiger partial charge >= 0.3 is 7.12 Å². The molecule has 0 spiro atoms. The van der Waals surface area contributed by atoms with Crippen molar-refractivity contribution in [3.8, 4) is 0 Å². The SMILES string of the molecule is CC1=Nc2cc(C(CN)C(=O)Cc3ccc4cnccc4c3)ccc2B(O)O1. The van der Waals surface area contributed by atoms with Crippen molar-refractivity contribution in [2.45, 2.75) is 19.3 Å². The summed E-state index contributed by atoms with van der Waals surface area (Å²) in [6, 6.07) is 13.2. The number of hydrogen-bond acceptors (Lipinski definition) is 6. The molecule has 0 bridgehead atoms. The van der Waals surface area contributed by atoms with E-state index in [1.54, 1.807) is 25.4 Å². The van der Waals surface area contributed by atoms with E-state index in [0.717, 1.165) is 21.9 Å². The topological polar surface area (TPSA) is 97.8 Å². The zero-order valence-electron chi connectivity index (χ0n) is 15.5. The lowest BCUT2D eigenvalue weighted by Crippen LogP contribution is -2.38. The maximum atomic E-state index is 13.0. The molecule has 7 heteroatoms. The Kier molecular flexibility index (Phi) is 4.94. The molecule has 1 aliphatic rings. The van der Waals surface area contributed by atoms with Crippen LogP contribution in [0.15, 0.2) is 59.9 Å². The number of ketones is 1. The Morgan fingerprint density at radius 3 is 2.89 bits per heavy atom. The molecule has 28 heavy (non-hydrogen) atoms. The number of nitrogens with zero attached hydrogens (tertiary/aromatic N) is 2. The van der Waals surface area contributed by atoms with Crippen molar-refractivity contribution in [3.63, 3.8) is 0 Å². The summed E-state index contributed by atoms with van der Waals surface area (Å²) in [6.45, 7) is 1.89. The Morgan fingerprint density at radius 2 is 2.07 bits per heavy atom. The van der Waals surface area contributed by atoms with Crippen molar-refractivity contribution in [2.75, 3.05) is 6.54 Å². The summed E-state index contributed by atoms with van der Waals surface area (Å²) < 4.78 is 5.21. The van der Waals surface area contributed by atoms with Gasteiger partial charge in [0.25, 0.3) is 0 Å². The van der Waals surface area contributed by atoms with E-state index in [4.69, 9.17) is 10.4 Å². The lowest BCUT2D eigenvalue weighted by Gasteiger charge is -2.20. The minimum absolute atomic E-state index is 0.0455. The number of carbonyl (C=O) groups is 1. The fraction of sp³-hybridized carbons (Fsp3) is 0.190. The molecule has 3 N–H and O–H groups in total. The van der Waals surface area contributed by atoms with Crippen molar-refractivity contribution in [3.05, 3.63) is 66.0 Å². The number of aromatic nitrogens is 1. The lowest BCUT2D eigenvalue weighted by molar-refractivity contribution is -0.119. The van der Waals surface area contributed by atoms with Gasteiger partial charge in [-0.2, -0.15) is 0 Å². The van der Waals surface area contributed by atoms with E-state index >= 15 is 0 Å². The number of nitrogens with two attached hydrogens (primary N) is 1. The van der Waals surface area contributed by atoms with E-state index < -0.39 is 13.0 Å². The van der Waals surface area contributed by atoms with Crippen molar-refractivity contribution in [2.24, 2.45) is 10.7 Å². The van der Waals surface area contributed by atoms with Gasteiger partial charge in [0.2, 0.25) is 0 Å². The van der Waals surface area contributed by atoms with E-state index in [2.05, 4.69) is 9.98 Å². The molecule has 1 unspecified atom stereocenters. The maximum absolute atomic E-state index is 13.0. The van der Waals surface area contributed by atoms with Crippen LogP contribution in [-0.2, 0) is 15.9 Å². The van der Waals surface area contributed by atoms with Crippen LogP contribution in [0.4, 0.5) is 5.69 Å². The fourth-order valence-corrected chi connectivity index (χ4v) is 3.52. The van der Waals surface area contributed by atoms with E-state index in [0.29, 0.717) is 23.5 Å². The normalized spacial score (nSPS) is 14.2. The second kappa shape index (κ2) is 7.54. The molecule has 2 heterocycles. The number of pyridine rings is 1. The quantitative estimate of drug-likeness (QED) is 0.666. The summed E-state index contributed by atoms with van der Waals surface area (Å²) >= 11 is 0. The molecule has 0 aliphatic carbocycles. The maximum Gasteiger partial charge on any atom is 0.563 e. The second-order valence-corrected chi connectivity index (χ2v) is 6.91. The molecule has 1 atom stereocenters. The third kappa shape index (κ3) is 3.54. The molecule has 140 valence electrons. The van der Waals surface area contributed by atoms with E-state index in [1.807, 2.05) is 36.4 Å². The highest BCUT2D eigenvalue weighted by atomic mass is 16.5. The molecule has 2 aromatic carbocycles. The molecule has 0 saturated heterocycles. The number of Topliss-reactive ketones (excluding diaryl/α,β-unsaturated/α-hetero) is 1. The Hall–Kier alpha value is -3.03. The monoisotopic (exact) mass is 373 g/mol. The van der Waals surface area contributed by atoms with Crippen LogP contribution in [0.25, 0.3) is 10.8 Å². The van der Waals surface area contributed by atoms with Crippen molar-refractivity contribution in [1.82, 2.24) is 4.98 Å². The predicted octanol–water partition coefficient (Wildman–Crippen LogP) is 1.86. The van der Waals surface area contributed by atoms with E-state index in [9.17, 15) is 9.82 Å². The average molecular weight is 373 g/mol. The van der Waals surface area contributed by atoms with E-state index in [1.165, 1.54) is 0 Å². The number of carbonyl (C=O) groups excluding carboxylic acids is 1. The Labute approximate surface area is 163 Å². The molecule has 0 saturated carbocycles. The predicted molar refractivity (Wildman–Crippen MR) is 110 cm³/mol. The number of aliphatic imine (C=N–C) groups is 1. The highest BCUT2D eigenvalue weighted by Crippen LogP contribution is 2.25. The van der Waals surface area contributed by atoms with Crippen LogP contribution >= 0.6 is 0 Å². The van der Waals surface area contributed by atoms with Crippen LogP contribution in [-0.4, -0.2) is 35.4 Å². The van der Waals surface area contributed by atoms with Gasteiger partial charge in [0.1, 0.15) is 5.78 Å². The minimum Gasteiger partial charge on any atom is -0.522 e. The molecule has 1 aliphatic heterocycles. The molecule has 1 aromatic heterocycles. The average Bonchev–Trinajstić information content (AvgIpc) is 2.68. The fourth-order valence-electron chi connectivity index (χ4n) is 3.52. The first-order valence-corrected chi connectivity index (χ1v) is 9.14. The number of fused-ring (bicyclic) bond motifs is 2. The van der Waals surface area contributed by atoms with Crippen molar-refractivity contribution in [1.29, 1.82) is 0 Å². The van der Waals surface area contributed by atoms with Crippen molar-refractivity contribution >= 4 is 40.7 Å². The number of benzene rings is 2. The molecule has 0 fully saturated rings. The molecule has 6 nitrogen and oxygen atoms in total. The zero-order chi connectivity index (χ0) is 19.7. The van der Waals surface area contributed by atoms with Crippen LogP contribution in [0.3, 0.4) is 0 Å². The van der Waals surface area contributed by atoms with Gasteiger partial charge in [-0.3, -0.25) is 9.78 Å². The summed E-state index contributed by atoms with van der Waals surface area (Å²) in [7, 11) is -1.04. The number of rotatable bonds is 5. The summed E-state index contributed by atoms with van der Waals surface area (Å²) in [5.41, 5.74) is 8.87. The molecule has 0 amide bonds. The van der Waals surface area contributed by atoms with E-state index in [-0.39, 0.29) is 12.3 Å². The Bertz CT molecular complexity index is 1080. The van der Waals surface area contributed by atoms with Gasteiger partial charge in [0.15, 0.2) is 5.90 Å². The third-order valence-electron chi connectivity index (χ3n) is 4.99. The molecule has 4 rings (SSSR count). The smallest absolute Gasteiger partial charge is 0.522 e. The van der Waals surface area contributed by atoms with Gasteiger partial charge in [-0.25, -0.2) is 4.99 Å². The van der Waals surface area contributed by atoms with Crippen LogP contribution in [0, 0.1) is 0 Å². The standard InChI is InChI=1S/C21H20BN3O3/c1-13-25-20-10-16(4-5-19(20)22(27)28-13)18(11-23)21(26)9-14-2-3-17-12-24-7-6-15(17)8-14/h2-8,10,12,18,27H,9,11,23H2,1H3. The minimum atomic E-state index is -1.04. The first-order valence-electron chi connectivity index (χ1n) is 9.14. The molecular weight excluding hydrogens is 353 g/mol. The second-order valence-electron chi connectivity index (χ2n) is 6.91. The van der Waals surface area contributed by atoms with Crippen LogP contribution in [0.1, 0.15) is 24.0 Å². The first-order chi connectivity index (χ1) is 13.5. The van der Waals surface area contributed by atoms with Gasteiger partial charge in [-0.15, -0.1) is 0 Å². The van der Waals surface area contributed by atoms with Gasteiger partial charge in [0, 0.05) is 43.1 Å². The van der Waals surface area contributed by atoms with Gasteiger partial charge in [0.05, 0.1) is 11.6 Å². The molecule has 0 radical (unpaired) electrons. The van der Waals surface area contributed by atoms with Crippen LogP contribution in [0.5, 0.6) is 0 Å². The largest absolute Gasteiger partial charge is 0.563 e. The van der Waals surface area contributed by atoms with Crippen LogP contribution < -0.4 is 11.2 Å². The lowest BCUT2D eigenvalue weighted by atomic mass is 9.76. The van der Waals surface area contributed by atoms with Gasteiger partial charge < -0.3 is 15.4 Å².